The monoisotopic (exact) mass is 328 g/mol. The maximum absolute atomic E-state index is 12.2. The predicted molar refractivity (Wildman–Crippen MR) is 80.4 cm³/mol. The Labute approximate surface area is 129 Å². The summed E-state index contributed by atoms with van der Waals surface area (Å²) < 4.78 is 25.5. The molecule has 0 saturated heterocycles. The summed E-state index contributed by atoms with van der Waals surface area (Å²) in [5.41, 5.74) is 0.795. The zero-order chi connectivity index (χ0) is 16.8. The van der Waals surface area contributed by atoms with E-state index in [2.05, 4.69) is 0 Å². The molecule has 0 bridgehead atoms. The fraction of sp³-hybridized carbons (Fsp3) is 0.429. The topological polar surface area (TPSA) is 104 Å². The van der Waals surface area contributed by atoms with Crippen molar-refractivity contribution in [2.75, 3.05) is 6.54 Å². The zero-order valence-electron chi connectivity index (χ0n) is 12.5. The van der Waals surface area contributed by atoms with Crippen molar-refractivity contribution in [2.24, 2.45) is 5.92 Å². The zero-order valence-corrected chi connectivity index (χ0v) is 13.3. The Morgan fingerprint density at radius 3 is 2.41 bits per heavy atom. The number of nitrogens with one attached hydrogen (secondary N) is 1. The SMILES string of the molecule is CC(C)S(=O)(=O)NC(=O)C(Cc1ccccc1)CN(O)C=O. The highest BCUT2D eigenvalue weighted by atomic mass is 32.2. The molecule has 0 aliphatic heterocycles. The van der Waals surface area contributed by atoms with Crippen LogP contribution in [0.2, 0.25) is 0 Å². The number of nitrogens with zero attached hydrogens (tertiary/aromatic N) is 1. The van der Waals surface area contributed by atoms with Crippen molar-refractivity contribution in [1.82, 2.24) is 9.79 Å². The molecule has 0 spiro atoms. The molecule has 0 radical (unpaired) electrons. The first kappa shape index (κ1) is 18.1. The van der Waals surface area contributed by atoms with Crippen LogP contribution in [-0.2, 0) is 26.0 Å². The van der Waals surface area contributed by atoms with Gasteiger partial charge < -0.3 is 0 Å². The smallest absolute Gasteiger partial charge is 0.238 e. The van der Waals surface area contributed by atoms with Crippen molar-refractivity contribution in [2.45, 2.75) is 25.5 Å². The standard InChI is InChI=1S/C14H20N2O5S/c1-11(2)22(20,21)15-14(18)13(9-16(19)10-17)8-12-6-4-3-5-7-12/h3-7,10-11,13,19H,8-9H2,1-2H3,(H,15,18). The minimum Gasteiger partial charge on any atom is -0.286 e. The van der Waals surface area contributed by atoms with Crippen molar-refractivity contribution in [3.05, 3.63) is 35.9 Å². The third kappa shape index (κ3) is 5.45. The van der Waals surface area contributed by atoms with Crippen molar-refractivity contribution in [1.29, 1.82) is 0 Å². The first-order valence-corrected chi connectivity index (χ1v) is 8.31. The molecule has 1 aromatic rings. The Hall–Kier alpha value is -1.93. The van der Waals surface area contributed by atoms with Gasteiger partial charge in [-0.05, 0) is 25.8 Å². The highest BCUT2D eigenvalue weighted by molar-refractivity contribution is 7.90. The van der Waals surface area contributed by atoms with E-state index in [9.17, 15) is 23.2 Å². The highest BCUT2D eigenvalue weighted by Gasteiger charge is 2.27. The van der Waals surface area contributed by atoms with E-state index in [0.717, 1.165) is 5.56 Å². The summed E-state index contributed by atoms with van der Waals surface area (Å²) in [6, 6.07) is 8.93. The lowest BCUT2D eigenvalue weighted by atomic mass is 9.99. The molecule has 0 aromatic heterocycles. The van der Waals surface area contributed by atoms with E-state index in [1.165, 1.54) is 13.8 Å². The molecule has 0 aliphatic rings. The third-order valence-electron chi connectivity index (χ3n) is 3.09. The van der Waals surface area contributed by atoms with Crippen molar-refractivity contribution >= 4 is 22.3 Å². The van der Waals surface area contributed by atoms with Gasteiger partial charge in [0.05, 0.1) is 17.7 Å². The molecule has 8 heteroatoms. The van der Waals surface area contributed by atoms with E-state index in [1.54, 1.807) is 24.3 Å². The Bertz CT molecular complexity index is 601. The molecule has 0 fully saturated rings. The quantitative estimate of drug-likeness (QED) is 0.412. The fourth-order valence-electron chi connectivity index (χ4n) is 1.75. The Morgan fingerprint density at radius 2 is 1.91 bits per heavy atom. The number of carbonyl (C=O) groups is 2. The van der Waals surface area contributed by atoms with Crippen molar-refractivity contribution in [3.8, 4) is 0 Å². The van der Waals surface area contributed by atoms with Gasteiger partial charge in [-0.1, -0.05) is 30.3 Å². The summed E-state index contributed by atoms with van der Waals surface area (Å²) in [5, 5.41) is 8.87. The lowest BCUT2D eigenvalue weighted by molar-refractivity contribution is -0.154. The fourth-order valence-corrected chi connectivity index (χ4v) is 2.43. The number of amides is 2. The molecule has 122 valence electrons. The molecule has 2 amide bonds. The summed E-state index contributed by atoms with van der Waals surface area (Å²) in [5.74, 6) is -1.63. The average Bonchev–Trinajstić information content (AvgIpc) is 2.46. The molecule has 2 N–H and O–H groups in total. The number of sulfonamides is 1. The second-order valence-corrected chi connectivity index (χ2v) is 7.41. The van der Waals surface area contributed by atoms with Gasteiger partial charge in [-0.3, -0.25) is 19.5 Å². The van der Waals surface area contributed by atoms with Gasteiger partial charge in [-0.2, -0.15) is 0 Å². The van der Waals surface area contributed by atoms with Crippen LogP contribution < -0.4 is 4.72 Å². The molecule has 0 heterocycles. The summed E-state index contributed by atoms with van der Waals surface area (Å²) in [6.45, 7) is 2.61. The molecular formula is C14H20N2O5S. The van der Waals surface area contributed by atoms with Crippen LogP contribution >= 0.6 is 0 Å². The second-order valence-electron chi connectivity index (χ2n) is 5.17. The molecule has 1 rings (SSSR count). The van der Waals surface area contributed by atoms with Gasteiger partial charge in [0.1, 0.15) is 0 Å². The Kier molecular flexibility index (Phi) is 6.51. The second kappa shape index (κ2) is 7.90. The summed E-state index contributed by atoms with van der Waals surface area (Å²) >= 11 is 0. The van der Waals surface area contributed by atoms with Crippen LogP contribution in [0.1, 0.15) is 19.4 Å². The highest BCUT2D eigenvalue weighted by Crippen LogP contribution is 2.11. The third-order valence-corrected chi connectivity index (χ3v) is 4.82. The molecular weight excluding hydrogens is 308 g/mol. The molecule has 1 aromatic carbocycles. The van der Waals surface area contributed by atoms with Crippen LogP contribution in [0, 0.1) is 5.92 Å². The summed E-state index contributed by atoms with van der Waals surface area (Å²) in [6.07, 6.45) is 0.368. The van der Waals surface area contributed by atoms with Gasteiger partial charge in [0.2, 0.25) is 22.3 Å². The summed E-state index contributed by atoms with van der Waals surface area (Å²) in [4.78, 5) is 22.7. The number of hydrogen-bond acceptors (Lipinski definition) is 5. The lowest BCUT2D eigenvalue weighted by Crippen LogP contribution is -2.43. The van der Waals surface area contributed by atoms with E-state index in [4.69, 9.17) is 0 Å². The van der Waals surface area contributed by atoms with Crippen LogP contribution in [-0.4, -0.2) is 42.8 Å². The van der Waals surface area contributed by atoms with Crippen LogP contribution in [0.4, 0.5) is 0 Å². The Balaban J connectivity index is 2.90. The average molecular weight is 328 g/mol. The lowest BCUT2D eigenvalue weighted by Gasteiger charge is -2.20. The van der Waals surface area contributed by atoms with Gasteiger partial charge in [0.15, 0.2) is 0 Å². The normalized spacial score (nSPS) is 12.7. The minimum absolute atomic E-state index is 0.169. The number of benzene rings is 1. The number of hydroxylamine groups is 2. The molecule has 1 atom stereocenters. The van der Waals surface area contributed by atoms with Crippen molar-refractivity contribution in [3.63, 3.8) is 0 Å². The van der Waals surface area contributed by atoms with Gasteiger partial charge >= 0.3 is 0 Å². The molecule has 22 heavy (non-hydrogen) atoms. The van der Waals surface area contributed by atoms with E-state index in [1.807, 2.05) is 10.8 Å². The van der Waals surface area contributed by atoms with E-state index < -0.39 is 27.1 Å². The van der Waals surface area contributed by atoms with Gasteiger partial charge in [0, 0.05) is 0 Å². The van der Waals surface area contributed by atoms with E-state index in [-0.39, 0.29) is 19.4 Å². The number of hydrogen-bond donors (Lipinski definition) is 2. The molecule has 0 saturated carbocycles. The predicted octanol–water partition coefficient (Wildman–Crippen LogP) is 0.547. The first-order chi connectivity index (χ1) is 10.3. The first-order valence-electron chi connectivity index (χ1n) is 6.76. The van der Waals surface area contributed by atoms with E-state index >= 15 is 0 Å². The molecule has 0 aliphatic carbocycles. The molecule has 7 nitrogen and oxygen atoms in total. The number of rotatable bonds is 8. The number of carbonyl (C=O) groups excluding carboxylic acids is 2. The van der Waals surface area contributed by atoms with Crippen LogP contribution in [0.25, 0.3) is 0 Å². The van der Waals surface area contributed by atoms with Crippen LogP contribution in [0.3, 0.4) is 0 Å². The maximum atomic E-state index is 12.2. The van der Waals surface area contributed by atoms with E-state index in [0.29, 0.717) is 5.06 Å². The minimum atomic E-state index is -3.77. The Morgan fingerprint density at radius 1 is 1.32 bits per heavy atom. The van der Waals surface area contributed by atoms with Crippen molar-refractivity contribution < 1.29 is 23.2 Å². The van der Waals surface area contributed by atoms with Gasteiger partial charge in [-0.15, -0.1) is 0 Å². The van der Waals surface area contributed by atoms with Crippen LogP contribution in [0.5, 0.6) is 0 Å². The van der Waals surface area contributed by atoms with Gasteiger partial charge in [-0.25, -0.2) is 13.5 Å². The largest absolute Gasteiger partial charge is 0.286 e. The molecule has 1 unspecified atom stereocenters. The summed E-state index contributed by atoms with van der Waals surface area (Å²) in [7, 11) is -3.77. The maximum Gasteiger partial charge on any atom is 0.238 e. The van der Waals surface area contributed by atoms with Gasteiger partial charge in [0.25, 0.3) is 0 Å². The van der Waals surface area contributed by atoms with Crippen LogP contribution in [0.15, 0.2) is 30.3 Å².